The number of nitrogens with zero attached hydrogens (tertiary/aromatic N) is 1. The zero-order chi connectivity index (χ0) is 22.8. The summed E-state index contributed by atoms with van der Waals surface area (Å²) >= 11 is 11.9. The first-order chi connectivity index (χ1) is 14.5. The van der Waals surface area contributed by atoms with Crippen molar-refractivity contribution in [3.63, 3.8) is 0 Å². The molecule has 1 aliphatic heterocycles. The molecule has 1 saturated heterocycles. The van der Waals surface area contributed by atoms with Crippen molar-refractivity contribution >= 4 is 44.8 Å². The summed E-state index contributed by atoms with van der Waals surface area (Å²) in [5.41, 5.74) is -0.283. The number of anilines is 1. The van der Waals surface area contributed by atoms with E-state index in [0.29, 0.717) is 25.9 Å². The average Bonchev–Trinajstić information content (AvgIpc) is 3.24. The third-order valence-electron chi connectivity index (χ3n) is 4.49. The molecule has 0 aromatic heterocycles. The molecule has 0 spiro atoms. The lowest BCUT2D eigenvalue weighted by Gasteiger charge is -2.19. The number of benzene rings is 2. The fourth-order valence-corrected chi connectivity index (χ4v) is 4.93. The van der Waals surface area contributed by atoms with E-state index in [2.05, 4.69) is 5.32 Å². The maximum Gasteiger partial charge on any atom is 0.422 e. The standard InChI is InChI=1S/C19H17Cl2F3N2O4S/c20-14-5-3-4-13(17(14)21)18(27)25-15-10-12(31(28,29)26-8-1-2-9-26)6-7-16(15)30-11-19(22,23)24/h3-7,10H,1-2,8-9,11H2,(H,25,27). The van der Waals surface area contributed by atoms with E-state index in [9.17, 15) is 26.4 Å². The van der Waals surface area contributed by atoms with E-state index in [0.717, 1.165) is 18.2 Å². The van der Waals surface area contributed by atoms with Gasteiger partial charge in [-0.1, -0.05) is 29.3 Å². The summed E-state index contributed by atoms with van der Waals surface area (Å²) in [4.78, 5) is 12.5. The first-order valence-corrected chi connectivity index (χ1v) is 11.3. The Morgan fingerprint density at radius 1 is 1.13 bits per heavy atom. The molecule has 0 atom stereocenters. The fourth-order valence-electron chi connectivity index (χ4n) is 3.00. The molecule has 0 aliphatic carbocycles. The molecule has 2 aromatic rings. The third kappa shape index (κ3) is 5.62. The number of carbonyl (C=O) groups excluding carboxylic acids is 1. The number of hydrogen-bond acceptors (Lipinski definition) is 4. The van der Waals surface area contributed by atoms with Crippen molar-refractivity contribution in [2.24, 2.45) is 0 Å². The zero-order valence-electron chi connectivity index (χ0n) is 15.9. The van der Waals surface area contributed by atoms with Crippen LogP contribution in [0.4, 0.5) is 18.9 Å². The molecule has 0 saturated carbocycles. The highest BCUT2D eigenvalue weighted by Gasteiger charge is 2.31. The van der Waals surface area contributed by atoms with Gasteiger partial charge in [0.25, 0.3) is 5.91 Å². The van der Waals surface area contributed by atoms with Crippen LogP contribution in [0.1, 0.15) is 23.2 Å². The molecule has 12 heteroatoms. The Balaban J connectivity index is 1.97. The van der Waals surface area contributed by atoms with E-state index in [4.69, 9.17) is 27.9 Å². The van der Waals surface area contributed by atoms with Gasteiger partial charge in [-0.15, -0.1) is 0 Å². The number of nitrogens with one attached hydrogen (secondary N) is 1. The Bertz CT molecular complexity index is 1090. The SMILES string of the molecule is O=C(Nc1cc(S(=O)(=O)N2CCCC2)ccc1OCC(F)(F)F)c1cccc(Cl)c1Cl. The van der Waals surface area contributed by atoms with E-state index in [-0.39, 0.29) is 31.9 Å². The topological polar surface area (TPSA) is 75.7 Å². The van der Waals surface area contributed by atoms with Crippen LogP contribution in [0.25, 0.3) is 0 Å². The molecule has 6 nitrogen and oxygen atoms in total. The van der Waals surface area contributed by atoms with Gasteiger partial charge in [0.2, 0.25) is 10.0 Å². The summed E-state index contributed by atoms with van der Waals surface area (Å²) in [5.74, 6) is -1.13. The maximum absolute atomic E-state index is 12.8. The summed E-state index contributed by atoms with van der Waals surface area (Å²) in [6, 6.07) is 7.58. The molecule has 1 N–H and O–H groups in total. The Labute approximate surface area is 186 Å². The summed E-state index contributed by atoms with van der Waals surface area (Å²) in [7, 11) is -3.88. The van der Waals surface area contributed by atoms with Crippen molar-refractivity contribution in [1.82, 2.24) is 4.31 Å². The van der Waals surface area contributed by atoms with E-state index < -0.39 is 28.7 Å². The van der Waals surface area contributed by atoms with Crippen molar-refractivity contribution in [2.75, 3.05) is 25.0 Å². The minimum absolute atomic E-state index is 0.0382. The van der Waals surface area contributed by atoms with Crippen molar-refractivity contribution < 1.29 is 31.1 Å². The Hall–Kier alpha value is -2.01. The molecule has 1 amide bonds. The molecule has 3 rings (SSSR count). The van der Waals surface area contributed by atoms with Crippen molar-refractivity contribution in [3.05, 3.63) is 52.0 Å². The van der Waals surface area contributed by atoms with Gasteiger partial charge in [0, 0.05) is 13.1 Å². The highest BCUT2D eigenvalue weighted by atomic mass is 35.5. The van der Waals surface area contributed by atoms with E-state index >= 15 is 0 Å². The Kier molecular flexibility index (Phi) is 7.04. The van der Waals surface area contributed by atoms with E-state index in [1.54, 1.807) is 0 Å². The molecule has 2 aromatic carbocycles. The second-order valence-electron chi connectivity index (χ2n) is 6.73. The van der Waals surface area contributed by atoms with Gasteiger partial charge >= 0.3 is 6.18 Å². The van der Waals surface area contributed by atoms with Crippen molar-refractivity contribution in [3.8, 4) is 5.75 Å². The molecule has 1 aliphatic rings. The number of amides is 1. The lowest BCUT2D eigenvalue weighted by atomic mass is 10.2. The summed E-state index contributed by atoms with van der Waals surface area (Å²) in [6.07, 6.45) is -3.20. The lowest BCUT2D eigenvalue weighted by Crippen LogP contribution is -2.28. The van der Waals surface area contributed by atoms with E-state index in [1.165, 1.54) is 22.5 Å². The van der Waals surface area contributed by atoms with Crippen LogP contribution in [-0.4, -0.2) is 44.5 Å². The molecular formula is C19H17Cl2F3N2O4S. The van der Waals surface area contributed by atoms with Crippen LogP contribution in [0, 0.1) is 0 Å². The monoisotopic (exact) mass is 496 g/mol. The normalized spacial score (nSPS) is 15.1. The number of hydrogen-bond donors (Lipinski definition) is 1. The Morgan fingerprint density at radius 3 is 2.45 bits per heavy atom. The maximum atomic E-state index is 12.8. The average molecular weight is 497 g/mol. The van der Waals surface area contributed by atoms with Crippen LogP contribution in [0.2, 0.25) is 10.0 Å². The van der Waals surface area contributed by atoms with Gasteiger partial charge in [-0.25, -0.2) is 8.42 Å². The second kappa shape index (κ2) is 9.23. The molecule has 31 heavy (non-hydrogen) atoms. The summed E-state index contributed by atoms with van der Waals surface area (Å²) < 4.78 is 69.6. The molecule has 0 bridgehead atoms. The predicted molar refractivity (Wildman–Crippen MR) is 110 cm³/mol. The zero-order valence-corrected chi connectivity index (χ0v) is 18.2. The van der Waals surface area contributed by atoms with Gasteiger partial charge in [-0.3, -0.25) is 4.79 Å². The first-order valence-electron chi connectivity index (χ1n) is 9.08. The molecule has 0 unspecified atom stereocenters. The minimum Gasteiger partial charge on any atom is -0.482 e. The summed E-state index contributed by atoms with van der Waals surface area (Å²) in [5, 5.41) is 2.43. The lowest BCUT2D eigenvalue weighted by molar-refractivity contribution is -0.153. The van der Waals surface area contributed by atoms with E-state index in [1.807, 2.05) is 0 Å². The highest BCUT2D eigenvalue weighted by molar-refractivity contribution is 7.89. The van der Waals surface area contributed by atoms with Gasteiger partial charge in [-0.2, -0.15) is 17.5 Å². The summed E-state index contributed by atoms with van der Waals surface area (Å²) in [6.45, 7) is -0.936. The predicted octanol–water partition coefficient (Wildman–Crippen LogP) is 4.97. The molecule has 1 fully saturated rings. The minimum atomic E-state index is -4.63. The molecule has 1 heterocycles. The van der Waals surface area contributed by atoms with Crippen LogP contribution in [0.3, 0.4) is 0 Å². The number of carbonyl (C=O) groups is 1. The van der Waals surface area contributed by atoms with Crippen LogP contribution in [-0.2, 0) is 10.0 Å². The first kappa shape index (κ1) is 23.6. The van der Waals surface area contributed by atoms with Gasteiger partial charge in [0.1, 0.15) is 5.75 Å². The van der Waals surface area contributed by atoms with Gasteiger partial charge < -0.3 is 10.1 Å². The molecular weight excluding hydrogens is 480 g/mol. The van der Waals surface area contributed by atoms with Gasteiger partial charge in [0.05, 0.1) is 26.2 Å². The number of alkyl halides is 3. The van der Waals surface area contributed by atoms with Crippen molar-refractivity contribution in [2.45, 2.75) is 23.9 Å². The molecule has 168 valence electrons. The van der Waals surface area contributed by atoms with Crippen LogP contribution < -0.4 is 10.1 Å². The second-order valence-corrected chi connectivity index (χ2v) is 9.45. The number of ether oxygens (including phenoxy) is 1. The molecule has 0 radical (unpaired) electrons. The van der Waals surface area contributed by atoms with Crippen molar-refractivity contribution in [1.29, 1.82) is 0 Å². The third-order valence-corrected chi connectivity index (χ3v) is 7.20. The Morgan fingerprint density at radius 2 is 1.81 bits per heavy atom. The largest absolute Gasteiger partial charge is 0.482 e. The smallest absolute Gasteiger partial charge is 0.422 e. The fraction of sp³-hybridized carbons (Fsp3) is 0.316. The number of sulfonamides is 1. The highest BCUT2D eigenvalue weighted by Crippen LogP contribution is 2.33. The van der Waals surface area contributed by atoms with Gasteiger partial charge in [0.15, 0.2) is 6.61 Å². The van der Waals surface area contributed by atoms with Crippen LogP contribution >= 0.6 is 23.2 Å². The quantitative estimate of drug-likeness (QED) is 0.612. The number of halogens is 5. The number of rotatable bonds is 6. The van der Waals surface area contributed by atoms with Crippen LogP contribution in [0.5, 0.6) is 5.75 Å². The van der Waals surface area contributed by atoms with Gasteiger partial charge in [-0.05, 0) is 43.2 Å². The van der Waals surface area contributed by atoms with Crippen LogP contribution in [0.15, 0.2) is 41.3 Å².